The molecule has 15 heavy (non-hydrogen) atoms. The highest BCUT2D eigenvalue weighted by Gasteiger charge is 2.23. The van der Waals surface area contributed by atoms with Crippen LogP contribution in [0.15, 0.2) is 34.9 Å². The third-order valence-corrected chi connectivity index (χ3v) is 2.74. The normalized spacial score (nSPS) is 15.5. The van der Waals surface area contributed by atoms with E-state index in [2.05, 4.69) is 23.2 Å². The molecule has 1 heterocycles. The average Bonchev–Trinajstić information content (AvgIpc) is 3.02. The van der Waals surface area contributed by atoms with Gasteiger partial charge in [0.25, 0.3) is 6.01 Å². The lowest BCUT2D eigenvalue weighted by Crippen LogP contribution is -1.81. The molecule has 3 nitrogen and oxygen atoms in total. The van der Waals surface area contributed by atoms with Crippen molar-refractivity contribution in [2.45, 2.75) is 18.8 Å². The molecule has 1 aromatic carbocycles. The molecule has 0 spiro atoms. The molecule has 3 rings (SSSR count). The van der Waals surface area contributed by atoms with Gasteiger partial charge >= 0.3 is 0 Å². The van der Waals surface area contributed by atoms with Gasteiger partial charge in [0.2, 0.25) is 0 Å². The van der Waals surface area contributed by atoms with Gasteiger partial charge in [-0.25, -0.2) is 4.98 Å². The maximum absolute atomic E-state index is 5.45. The number of nitrogen functional groups attached to an aromatic ring is 1. The van der Waals surface area contributed by atoms with Crippen LogP contribution in [0, 0.1) is 0 Å². The zero-order valence-corrected chi connectivity index (χ0v) is 8.31. The standard InChI is InChI=1S/C12H12N2O/c13-12-14-7-11(15-12)10-3-1-2-9(6-10)8-4-5-8/h1-3,6-8H,4-5H2,(H2,13,14). The van der Waals surface area contributed by atoms with Crippen LogP contribution in [0.5, 0.6) is 0 Å². The van der Waals surface area contributed by atoms with Crippen LogP contribution in [0.1, 0.15) is 24.3 Å². The lowest BCUT2D eigenvalue weighted by Gasteiger charge is -2.00. The SMILES string of the molecule is Nc1ncc(-c2cccc(C3CC3)c2)o1. The van der Waals surface area contributed by atoms with Crippen molar-refractivity contribution in [3.05, 3.63) is 36.0 Å². The third-order valence-electron chi connectivity index (χ3n) is 2.74. The number of aromatic nitrogens is 1. The van der Waals surface area contributed by atoms with Crippen molar-refractivity contribution in [3.8, 4) is 11.3 Å². The Kier molecular flexibility index (Phi) is 1.78. The maximum atomic E-state index is 5.45. The van der Waals surface area contributed by atoms with Gasteiger partial charge in [-0.2, -0.15) is 0 Å². The van der Waals surface area contributed by atoms with E-state index in [0.717, 1.165) is 17.2 Å². The van der Waals surface area contributed by atoms with E-state index in [9.17, 15) is 0 Å². The topological polar surface area (TPSA) is 52.0 Å². The summed E-state index contributed by atoms with van der Waals surface area (Å²) in [5.74, 6) is 1.50. The van der Waals surface area contributed by atoms with Crippen LogP contribution < -0.4 is 5.73 Å². The van der Waals surface area contributed by atoms with E-state index in [1.807, 2.05) is 6.07 Å². The molecule has 2 aromatic rings. The average molecular weight is 200 g/mol. The summed E-state index contributed by atoms with van der Waals surface area (Å²) in [6.45, 7) is 0. The summed E-state index contributed by atoms with van der Waals surface area (Å²) < 4.78 is 5.29. The predicted molar refractivity (Wildman–Crippen MR) is 58.3 cm³/mol. The molecular weight excluding hydrogens is 188 g/mol. The van der Waals surface area contributed by atoms with Gasteiger partial charge in [-0.3, -0.25) is 0 Å². The highest BCUT2D eigenvalue weighted by atomic mass is 16.4. The summed E-state index contributed by atoms with van der Waals surface area (Å²) in [6.07, 6.45) is 4.28. The van der Waals surface area contributed by atoms with Crippen LogP contribution in [0.3, 0.4) is 0 Å². The number of rotatable bonds is 2. The number of nitrogens with zero attached hydrogens (tertiary/aromatic N) is 1. The number of benzene rings is 1. The molecule has 0 radical (unpaired) electrons. The Morgan fingerprint density at radius 3 is 2.87 bits per heavy atom. The molecule has 0 atom stereocenters. The minimum Gasteiger partial charge on any atom is -0.424 e. The number of oxazole rings is 1. The van der Waals surface area contributed by atoms with Gasteiger partial charge in [0, 0.05) is 5.56 Å². The lowest BCUT2D eigenvalue weighted by atomic mass is 10.1. The van der Waals surface area contributed by atoms with E-state index in [1.165, 1.54) is 18.4 Å². The summed E-state index contributed by atoms with van der Waals surface area (Å²) in [6, 6.07) is 8.63. The number of hydrogen-bond acceptors (Lipinski definition) is 3. The van der Waals surface area contributed by atoms with E-state index in [0.29, 0.717) is 0 Å². The molecule has 0 saturated heterocycles. The van der Waals surface area contributed by atoms with Crippen LogP contribution in [0.25, 0.3) is 11.3 Å². The molecule has 3 heteroatoms. The Labute approximate surface area is 87.9 Å². The Morgan fingerprint density at radius 1 is 1.33 bits per heavy atom. The first-order valence-corrected chi connectivity index (χ1v) is 5.14. The van der Waals surface area contributed by atoms with Crippen LogP contribution in [-0.2, 0) is 0 Å². The molecule has 1 aromatic heterocycles. The van der Waals surface area contributed by atoms with Crippen molar-refractivity contribution in [1.82, 2.24) is 4.98 Å². The van der Waals surface area contributed by atoms with Crippen LogP contribution >= 0.6 is 0 Å². The number of hydrogen-bond donors (Lipinski definition) is 1. The Balaban J connectivity index is 2.00. The van der Waals surface area contributed by atoms with Crippen molar-refractivity contribution in [2.24, 2.45) is 0 Å². The quantitative estimate of drug-likeness (QED) is 0.810. The summed E-state index contributed by atoms with van der Waals surface area (Å²) in [5.41, 5.74) is 7.90. The van der Waals surface area contributed by atoms with Crippen molar-refractivity contribution in [1.29, 1.82) is 0 Å². The molecule has 0 amide bonds. The molecular formula is C12H12N2O. The van der Waals surface area contributed by atoms with Crippen LogP contribution in [0.4, 0.5) is 6.01 Å². The Hall–Kier alpha value is -1.77. The van der Waals surface area contributed by atoms with E-state index in [1.54, 1.807) is 6.20 Å². The van der Waals surface area contributed by atoms with Gasteiger partial charge in [-0.05, 0) is 30.4 Å². The molecule has 0 bridgehead atoms. The lowest BCUT2D eigenvalue weighted by molar-refractivity contribution is 0.595. The smallest absolute Gasteiger partial charge is 0.292 e. The van der Waals surface area contributed by atoms with E-state index >= 15 is 0 Å². The Bertz CT molecular complexity index is 486. The predicted octanol–water partition coefficient (Wildman–Crippen LogP) is 2.80. The van der Waals surface area contributed by atoms with Crippen LogP contribution in [-0.4, -0.2) is 4.98 Å². The zero-order chi connectivity index (χ0) is 10.3. The molecule has 1 aliphatic rings. The summed E-state index contributed by atoms with van der Waals surface area (Å²) in [5, 5.41) is 0. The largest absolute Gasteiger partial charge is 0.424 e. The van der Waals surface area contributed by atoms with Crippen molar-refractivity contribution in [3.63, 3.8) is 0 Å². The first-order valence-electron chi connectivity index (χ1n) is 5.14. The van der Waals surface area contributed by atoms with Crippen molar-refractivity contribution >= 4 is 6.01 Å². The first kappa shape index (κ1) is 8.53. The zero-order valence-electron chi connectivity index (χ0n) is 8.31. The first-order chi connectivity index (χ1) is 7.33. The molecule has 1 fully saturated rings. The van der Waals surface area contributed by atoms with E-state index < -0.39 is 0 Å². The fourth-order valence-electron chi connectivity index (χ4n) is 1.78. The van der Waals surface area contributed by atoms with Gasteiger partial charge in [0.1, 0.15) is 0 Å². The monoisotopic (exact) mass is 200 g/mol. The second-order valence-electron chi connectivity index (χ2n) is 3.96. The molecule has 0 aliphatic heterocycles. The third kappa shape index (κ3) is 1.61. The van der Waals surface area contributed by atoms with Crippen LogP contribution in [0.2, 0.25) is 0 Å². The minimum atomic E-state index is 0.224. The molecule has 76 valence electrons. The maximum Gasteiger partial charge on any atom is 0.292 e. The summed E-state index contributed by atoms with van der Waals surface area (Å²) in [4.78, 5) is 3.89. The second-order valence-corrected chi connectivity index (χ2v) is 3.96. The summed E-state index contributed by atoms with van der Waals surface area (Å²) in [7, 11) is 0. The molecule has 1 aliphatic carbocycles. The van der Waals surface area contributed by atoms with Gasteiger partial charge in [0.15, 0.2) is 5.76 Å². The van der Waals surface area contributed by atoms with Gasteiger partial charge in [-0.15, -0.1) is 0 Å². The highest BCUT2D eigenvalue weighted by Crippen LogP contribution is 2.41. The van der Waals surface area contributed by atoms with Gasteiger partial charge in [0.05, 0.1) is 6.20 Å². The van der Waals surface area contributed by atoms with E-state index in [4.69, 9.17) is 10.2 Å². The molecule has 0 unspecified atom stereocenters. The second kappa shape index (κ2) is 3.12. The van der Waals surface area contributed by atoms with E-state index in [-0.39, 0.29) is 6.01 Å². The van der Waals surface area contributed by atoms with Crippen molar-refractivity contribution < 1.29 is 4.42 Å². The number of nitrogens with two attached hydrogens (primary N) is 1. The molecule has 2 N–H and O–H groups in total. The summed E-state index contributed by atoms with van der Waals surface area (Å²) >= 11 is 0. The Morgan fingerprint density at radius 2 is 2.20 bits per heavy atom. The fraction of sp³-hybridized carbons (Fsp3) is 0.250. The highest BCUT2D eigenvalue weighted by molar-refractivity contribution is 5.58. The minimum absolute atomic E-state index is 0.224. The number of anilines is 1. The van der Waals surface area contributed by atoms with Gasteiger partial charge < -0.3 is 10.2 Å². The van der Waals surface area contributed by atoms with Gasteiger partial charge in [-0.1, -0.05) is 18.2 Å². The fourth-order valence-corrected chi connectivity index (χ4v) is 1.78. The van der Waals surface area contributed by atoms with Crippen molar-refractivity contribution in [2.75, 3.05) is 5.73 Å². The molecule has 1 saturated carbocycles.